The predicted octanol–water partition coefficient (Wildman–Crippen LogP) is 3.60. The van der Waals surface area contributed by atoms with Crippen molar-refractivity contribution in [2.24, 2.45) is 0 Å². The number of hydrogen-bond acceptors (Lipinski definition) is 3. The number of anilines is 2. The first-order chi connectivity index (χ1) is 9.51. The third kappa shape index (κ3) is 3.11. The summed E-state index contributed by atoms with van der Waals surface area (Å²) in [7, 11) is 1.51. The lowest BCUT2D eigenvalue weighted by Gasteiger charge is -2.11. The summed E-state index contributed by atoms with van der Waals surface area (Å²) in [4.78, 5) is 12.3. The van der Waals surface area contributed by atoms with Gasteiger partial charge in [0.05, 0.1) is 12.7 Å². The first-order valence-electron chi connectivity index (χ1n) is 6.02. The third-order valence-electron chi connectivity index (χ3n) is 2.91. The minimum absolute atomic E-state index is 0.229. The number of carbonyl (C=O) groups is 1. The van der Waals surface area contributed by atoms with Crippen LogP contribution in [-0.2, 0) is 0 Å². The number of carbonyl (C=O) groups excluding carboxylic acids is 1. The molecule has 0 bridgehead atoms. The average molecular weight is 335 g/mol. The van der Waals surface area contributed by atoms with Crippen molar-refractivity contribution >= 4 is 33.2 Å². The van der Waals surface area contributed by atoms with E-state index in [2.05, 4.69) is 21.2 Å². The lowest BCUT2D eigenvalue weighted by atomic mass is 10.1. The number of halogens is 1. The number of aryl methyl sites for hydroxylation is 1. The van der Waals surface area contributed by atoms with Crippen molar-refractivity contribution in [2.75, 3.05) is 18.2 Å². The second-order valence-corrected chi connectivity index (χ2v) is 5.29. The molecule has 0 saturated heterocycles. The van der Waals surface area contributed by atoms with Gasteiger partial charge in [0.2, 0.25) is 0 Å². The molecular weight excluding hydrogens is 320 g/mol. The largest absolute Gasteiger partial charge is 0.496 e. The number of amides is 1. The van der Waals surface area contributed by atoms with Gasteiger partial charge < -0.3 is 15.8 Å². The number of benzene rings is 2. The van der Waals surface area contributed by atoms with Crippen LogP contribution in [0.25, 0.3) is 0 Å². The molecule has 104 valence electrons. The zero-order valence-corrected chi connectivity index (χ0v) is 12.8. The Morgan fingerprint density at radius 2 is 2.00 bits per heavy atom. The van der Waals surface area contributed by atoms with E-state index in [4.69, 9.17) is 10.5 Å². The summed E-state index contributed by atoms with van der Waals surface area (Å²) in [5, 5.41) is 2.87. The highest BCUT2D eigenvalue weighted by Gasteiger charge is 2.13. The highest BCUT2D eigenvalue weighted by atomic mass is 79.9. The first kappa shape index (κ1) is 14.4. The van der Waals surface area contributed by atoms with E-state index in [1.807, 2.05) is 25.1 Å². The van der Waals surface area contributed by atoms with Gasteiger partial charge in [-0.15, -0.1) is 0 Å². The third-order valence-corrected chi connectivity index (χ3v) is 3.40. The van der Waals surface area contributed by atoms with Crippen molar-refractivity contribution in [1.29, 1.82) is 0 Å². The van der Waals surface area contributed by atoms with Crippen molar-refractivity contribution < 1.29 is 9.53 Å². The van der Waals surface area contributed by atoms with E-state index in [1.54, 1.807) is 18.2 Å². The van der Waals surface area contributed by atoms with E-state index in [1.165, 1.54) is 7.11 Å². The number of hydrogen-bond donors (Lipinski definition) is 2. The minimum Gasteiger partial charge on any atom is -0.496 e. The highest BCUT2D eigenvalue weighted by molar-refractivity contribution is 9.10. The molecule has 0 aliphatic rings. The lowest BCUT2D eigenvalue weighted by Crippen LogP contribution is -2.14. The van der Waals surface area contributed by atoms with Gasteiger partial charge in [-0.05, 0) is 42.8 Å². The summed E-state index contributed by atoms with van der Waals surface area (Å²) >= 11 is 3.39. The molecule has 0 radical (unpaired) electrons. The van der Waals surface area contributed by atoms with E-state index >= 15 is 0 Å². The van der Waals surface area contributed by atoms with Crippen LogP contribution in [0, 0.1) is 6.92 Å². The monoisotopic (exact) mass is 334 g/mol. The molecule has 2 aromatic rings. The zero-order valence-electron chi connectivity index (χ0n) is 11.2. The smallest absolute Gasteiger partial charge is 0.259 e. The van der Waals surface area contributed by atoms with Gasteiger partial charge in [0, 0.05) is 21.9 Å². The van der Waals surface area contributed by atoms with Gasteiger partial charge in [-0.25, -0.2) is 0 Å². The Labute approximate surface area is 126 Å². The Hall–Kier alpha value is -2.01. The molecule has 0 aromatic heterocycles. The second kappa shape index (κ2) is 5.96. The van der Waals surface area contributed by atoms with E-state index < -0.39 is 0 Å². The fourth-order valence-corrected chi connectivity index (χ4v) is 2.33. The van der Waals surface area contributed by atoms with Crippen LogP contribution in [0.5, 0.6) is 5.75 Å². The van der Waals surface area contributed by atoms with Gasteiger partial charge in [-0.2, -0.15) is 0 Å². The molecule has 0 saturated carbocycles. The van der Waals surface area contributed by atoms with Gasteiger partial charge >= 0.3 is 0 Å². The fraction of sp³-hybridized carbons (Fsp3) is 0.133. The highest BCUT2D eigenvalue weighted by Crippen LogP contribution is 2.24. The number of nitrogens with one attached hydrogen (secondary N) is 1. The van der Waals surface area contributed by atoms with Crippen molar-refractivity contribution in [2.45, 2.75) is 6.92 Å². The Bertz CT molecular complexity index is 656. The van der Waals surface area contributed by atoms with E-state index in [9.17, 15) is 4.79 Å². The van der Waals surface area contributed by atoms with E-state index in [-0.39, 0.29) is 5.91 Å². The minimum atomic E-state index is -0.229. The van der Waals surface area contributed by atoms with Crippen LogP contribution >= 0.6 is 15.9 Å². The van der Waals surface area contributed by atoms with Crippen LogP contribution in [0.15, 0.2) is 40.9 Å². The molecular formula is C15H15BrN2O2. The Morgan fingerprint density at radius 3 is 2.65 bits per heavy atom. The van der Waals surface area contributed by atoms with Crippen LogP contribution in [0.1, 0.15) is 15.9 Å². The van der Waals surface area contributed by atoms with Crippen LogP contribution in [0.3, 0.4) is 0 Å². The Balaban J connectivity index is 2.28. The molecule has 3 N–H and O–H groups in total. The predicted molar refractivity (Wildman–Crippen MR) is 84.2 cm³/mol. The second-order valence-electron chi connectivity index (χ2n) is 4.37. The van der Waals surface area contributed by atoms with E-state index in [0.29, 0.717) is 17.0 Å². The number of nitrogens with two attached hydrogens (primary N) is 1. The molecule has 2 aromatic carbocycles. The maximum absolute atomic E-state index is 12.3. The molecule has 4 nitrogen and oxygen atoms in total. The van der Waals surface area contributed by atoms with Crippen LogP contribution in [-0.4, -0.2) is 13.0 Å². The number of nitrogen functional groups attached to an aromatic ring is 1. The zero-order chi connectivity index (χ0) is 14.7. The van der Waals surface area contributed by atoms with Gasteiger partial charge in [0.1, 0.15) is 5.75 Å². The van der Waals surface area contributed by atoms with Crippen molar-refractivity contribution in [3.63, 3.8) is 0 Å². The van der Waals surface area contributed by atoms with Gasteiger partial charge in [-0.1, -0.05) is 15.9 Å². The maximum Gasteiger partial charge on any atom is 0.259 e. The molecule has 0 spiro atoms. The first-order valence-corrected chi connectivity index (χ1v) is 6.81. The molecule has 0 atom stereocenters. The normalized spacial score (nSPS) is 10.2. The summed E-state index contributed by atoms with van der Waals surface area (Å²) in [6.45, 7) is 1.93. The van der Waals surface area contributed by atoms with Crippen molar-refractivity contribution in [1.82, 2.24) is 0 Å². The molecule has 0 unspecified atom stereocenters. The van der Waals surface area contributed by atoms with Gasteiger partial charge in [-0.3, -0.25) is 4.79 Å². The van der Waals surface area contributed by atoms with Crippen LogP contribution in [0.2, 0.25) is 0 Å². The van der Waals surface area contributed by atoms with Crippen molar-refractivity contribution in [3.05, 3.63) is 52.0 Å². The average Bonchev–Trinajstić information content (AvgIpc) is 2.41. The van der Waals surface area contributed by atoms with E-state index in [0.717, 1.165) is 15.7 Å². The van der Waals surface area contributed by atoms with Crippen LogP contribution < -0.4 is 15.8 Å². The summed E-state index contributed by atoms with van der Waals surface area (Å²) in [6, 6.07) is 10.6. The molecule has 2 rings (SSSR count). The molecule has 0 aliphatic carbocycles. The quantitative estimate of drug-likeness (QED) is 0.843. The number of ether oxygens (including phenoxy) is 1. The number of rotatable bonds is 3. The Kier molecular flexibility index (Phi) is 4.29. The molecule has 1 amide bonds. The summed E-state index contributed by atoms with van der Waals surface area (Å²) in [5.74, 6) is 0.226. The molecule has 20 heavy (non-hydrogen) atoms. The fourth-order valence-electron chi connectivity index (χ4n) is 1.85. The van der Waals surface area contributed by atoms with Crippen LogP contribution in [0.4, 0.5) is 11.4 Å². The lowest BCUT2D eigenvalue weighted by molar-refractivity contribution is 0.102. The standard InChI is InChI=1S/C15H15BrN2O2/c1-9-7-10(16)3-6-13(9)18-15(19)12-5-4-11(17)8-14(12)20-2/h3-8H,17H2,1-2H3,(H,18,19). The molecule has 0 fully saturated rings. The molecule has 5 heteroatoms. The summed E-state index contributed by atoms with van der Waals surface area (Å²) < 4.78 is 6.16. The maximum atomic E-state index is 12.3. The topological polar surface area (TPSA) is 64.3 Å². The molecule has 0 aliphatic heterocycles. The molecule has 0 heterocycles. The summed E-state index contributed by atoms with van der Waals surface area (Å²) in [5.41, 5.74) is 8.42. The van der Waals surface area contributed by atoms with Crippen molar-refractivity contribution in [3.8, 4) is 5.75 Å². The van der Waals surface area contributed by atoms with Gasteiger partial charge in [0.15, 0.2) is 0 Å². The van der Waals surface area contributed by atoms with Gasteiger partial charge in [0.25, 0.3) is 5.91 Å². The number of methoxy groups -OCH3 is 1. The summed E-state index contributed by atoms with van der Waals surface area (Å²) in [6.07, 6.45) is 0. The SMILES string of the molecule is COc1cc(N)ccc1C(=O)Nc1ccc(Br)cc1C. The Morgan fingerprint density at radius 1 is 1.25 bits per heavy atom.